The van der Waals surface area contributed by atoms with E-state index in [0.29, 0.717) is 11.3 Å². The molecule has 0 saturated carbocycles. The minimum atomic E-state index is -1.00. The van der Waals surface area contributed by atoms with E-state index in [9.17, 15) is 20.5 Å². The van der Waals surface area contributed by atoms with Gasteiger partial charge in [-0.05, 0) is 23.3 Å². The van der Waals surface area contributed by atoms with Gasteiger partial charge in [-0.2, -0.15) is 5.26 Å². The molecule has 3 N–H and O–H groups in total. The minimum Gasteiger partial charge on any atom is -0.390 e. The minimum absolute atomic E-state index is 0.0945. The molecule has 2 atom stereocenters. The monoisotopic (exact) mass is 365 g/mol. The Morgan fingerprint density at radius 3 is 2.59 bits per heavy atom. The third-order valence-corrected chi connectivity index (χ3v) is 4.93. The number of rotatable bonds is 3. The van der Waals surface area contributed by atoms with Crippen molar-refractivity contribution in [2.24, 2.45) is 10.7 Å². The van der Waals surface area contributed by atoms with Crippen molar-refractivity contribution in [1.29, 1.82) is 5.26 Å². The number of non-ortho nitro benzene ring substituents is 1. The van der Waals surface area contributed by atoms with Crippen molar-refractivity contribution in [1.82, 2.24) is 4.90 Å². The number of aliphatic hydroxyl groups excluding tert-OH is 1. The van der Waals surface area contributed by atoms with Crippen LogP contribution in [-0.4, -0.2) is 27.0 Å². The van der Waals surface area contributed by atoms with E-state index >= 15 is 0 Å². The number of nitrogens with zero attached hydrogens (tertiary/aromatic N) is 4. The Morgan fingerprint density at radius 2 is 2.00 bits per heavy atom. The number of nitro benzene ring substituents is 1. The normalized spacial score (nSPS) is 20.6. The van der Waals surface area contributed by atoms with E-state index in [1.165, 1.54) is 12.1 Å². The number of fused-ring (bicyclic) bond motifs is 1. The number of benzene rings is 2. The van der Waals surface area contributed by atoms with Crippen LogP contribution in [0.3, 0.4) is 0 Å². The second-order valence-corrected chi connectivity index (χ2v) is 6.92. The van der Waals surface area contributed by atoms with Gasteiger partial charge in [-0.1, -0.05) is 38.1 Å². The number of nitrogens with two attached hydrogens (primary N) is 1. The first-order chi connectivity index (χ1) is 12.8. The summed E-state index contributed by atoms with van der Waals surface area (Å²) in [7, 11) is 0. The molecule has 0 radical (unpaired) electrons. The lowest BCUT2D eigenvalue weighted by Crippen LogP contribution is -2.43. The van der Waals surface area contributed by atoms with Crippen LogP contribution < -0.4 is 5.73 Å². The van der Waals surface area contributed by atoms with E-state index in [2.05, 4.69) is 4.99 Å². The summed E-state index contributed by atoms with van der Waals surface area (Å²) < 4.78 is 0. The second-order valence-electron chi connectivity index (χ2n) is 6.92. The Kier molecular flexibility index (Phi) is 4.56. The number of nitro groups is 1. The first-order valence-corrected chi connectivity index (χ1v) is 8.32. The molecule has 3 rings (SSSR count). The number of hydrogen-bond acceptors (Lipinski definition) is 5. The van der Waals surface area contributed by atoms with Crippen LogP contribution in [0.5, 0.6) is 0 Å². The molecule has 0 saturated heterocycles. The van der Waals surface area contributed by atoms with Crippen molar-refractivity contribution < 1.29 is 10.0 Å². The Morgan fingerprint density at radius 1 is 1.33 bits per heavy atom. The van der Waals surface area contributed by atoms with Crippen LogP contribution in [0.25, 0.3) is 0 Å². The molecule has 0 bridgehead atoms. The van der Waals surface area contributed by atoms with Gasteiger partial charge in [0.2, 0.25) is 5.96 Å². The molecule has 27 heavy (non-hydrogen) atoms. The molecule has 2 unspecified atom stereocenters. The third-order valence-electron chi connectivity index (χ3n) is 4.93. The molecule has 8 heteroatoms. The van der Waals surface area contributed by atoms with Crippen LogP contribution in [0, 0.1) is 21.6 Å². The van der Waals surface area contributed by atoms with Gasteiger partial charge in [-0.3, -0.25) is 10.1 Å². The molecule has 0 aromatic heterocycles. The first kappa shape index (κ1) is 18.4. The molecular weight excluding hydrogens is 346 g/mol. The highest BCUT2D eigenvalue weighted by atomic mass is 16.6. The van der Waals surface area contributed by atoms with Crippen molar-refractivity contribution in [2.45, 2.75) is 31.4 Å². The maximum atomic E-state index is 11.2. The molecule has 8 nitrogen and oxygen atoms in total. The molecule has 1 aliphatic rings. The van der Waals surface area contributed by atoms with Crippen molar-refractivity contribution in [3.05, 3.63) is 69.8 Å². The molecule has 0 spiro atoms. The van der Waals surface area contributed by atoms with Gasteiger partial charge in [0.15, 0.2) is 6.19 Å². The summed E-state index contributed by atoms with van der Waals surface area (Å²) in [6.45, 7) is 3.64. The van der Waals surface area contributed by atoms with E-state index in [0.717, 1.165) is 10.5 Å². The van der Waals surface area contributed by atoms with Gasteiger partial charge >= 0.3 is 0 Å². The van der Waals surface area contributed by atoms with Crippen molar-refractivity contribution >= 4 is 17.3 Å². The highest BCUT2D eigenvalue weighted by molar-refractivity contribution is 5.83. The fourth-order valence-electron chi connectivity index (χ4n) is 3.44. The van der Waals surface area contributed by atoms with Gasteiger partial charge in [0.1, 0.15) is 0 Å². The molecule has 0 heterocycles. The molecule has 0 fully saturated rings. The molecule has 1 aliphatic carbocycles. The Balaban J connectivity index is 2.10. The summed E-state index contributed by atoms with van der Waals surface area (Å²) in [4.78, 5) is 16.0. The van der Waals surface area contributed by atoms with Gasteiger partial charge in [0.05, 0.1) is 22.8 Å². The van der Waals surface area contributed by atoms with Crippen LogP contribution >= 0.6 is 0 Å². The van der Waals surface area contributed by atoms with E-state index in [-0.39, 0.29) is 11.6 Å². The number of aliphatic imine (C=N–C) groups is 1. The Labute approximate surface area is 156 Å². The number of nitriles is 1. The predicted molar refractivity (Wildman–Crippen MR) is 100 cm³/mol. The topological polar surface area (TPSA) is 129 Å². The fourth-order valence-corrected chi connectivity index (χ4v) is 3.44. The quantitative estimate of drug-likeness (QED) is 0.215. The summed E-state index contributed by atoms with van der Waals surface area (Å²) in [6, 6.07) is 12.4. The highest BCUT2D eigenvalue weighted by Crippen LogP contribution is 2.48. The molecular formula is C19H19N5O3. The zero-order chi connectivity index (χ0) is 19.8. The average Bonchev–Trinajstić information content (AvgIpc) is 2.84. The molecule has 2 aromatic rings. The summed E-state index contributed by atoms with van der Waals surface area (Å²) in [6.07, 6.45) is 0.968. The highest BCUT2D eigenvalue weighted by Gasteiger charge is 2.49. The zero-order valence-electron chi connectivity index (χ0n) is 14.9. The van der Waals surface area contributed by atoms with E-state index in [4.69, 9.17) is 5.73 Å². The number of para-hydroxylation sites is 1. The summed E-state index contributed by atoms with van der Waals surface area (Å²) >= 11 is 0. The van der Waals surface area contributed by atoms with Crippen molar-refractivity contribution in [3.63, 3.8) is 0 Å². The van der Waals surface area contributed by atoms with Gasteiger partial charge in [-0.15, -0.1) is 0 Å². The van der Waals surface area contributed by atoms with E-state index in [1.807, 2.05) is 26.1 Å². The molecule has 0 amide bonds. The summed E-state index contributed by atoms with van der Waals surface area (Å²) in [5.41, 5.74) is 7.02. The second kappa shape index (κ2) is 6.70. The smallest absolute Gasteiger partial charge is 0.269 e. The maximum Gasteiger partial charge on any atom is 0.269 e. The lowest BCUT2D eigenvalue weighted by Gasteiger charge is -2.30. The Bertz CT molecular complexity index is 950. The number of guanidine groups is 1. The SMILES string of the molecule is CC1(C)c2ccc([N+](=O)[O-])cc2C(N(C#N)C(N)=Nc2ccccc2)C1O. The lowest BCUT2D eigenvalue weighted by atomic mass is 9.84. The lowest BCUT2D eigenvalue weighted by molar-refractivity contribution is -0.384. The fraction of sp³-hybridized carbons (Fsp3) is 0.263. The molecule has 2 aromatic carbocycles. The maximum absolute atomic E-state index is 11.2. The number of hydrogen-bond donors (Lipinski definition) is 2. The Hall–Kier alpha value is -3.44. The van der Waals surface area contributed by atoms with Crippen LogP contribution in [0.15, 0.2) is 53.5 Å². The van der Waals surface area contributed by atoms with E-state index in [1.54, 1.807) is 30.3 Å². The first-order valence-electron chi connectivity index (χ1n) is 8.32. The average molecular weight is 365 g/mol. The van der Waals surface area contributed by atoms with Gasteiger partial charge in [-0.25, -0.2) is 9.89 Å². The third kappa shape index (κ3) is 3.09. The number of aliphatic hydroxyl groups is 1. The summed E-state index contributed by atoms with van der Waals surface area (Å²) in [5, 5.41) is 31.8. The molecule has 138 valence electrons. The predicted octanol–water partition coefficient (Wildman–Crippen LogP) is 2.72. The van der Waals surface area contributed by atoms with Crippen LogP contribution in [0.2, 0.25) is 0 Å². The largest absolute Gasteiger partial charge is 0.390 e. The van der Waals surface area contributed by atoms with Gasteiger partial charge < -0.3 is 10.8 Å². The zero-order valence-corrected chi connectivity index (χ0v) is 14.9. The summed E-state index contributed by atoms with van der Waals surface area (Å²) in [5.74, 6) is -0.0945. The van der Waals surface area contributed by atoms with Crippen LogP contribution in [0.1, 0.15) is 31.0 Å². The van der Waals surface area contributed by atoms with Crippen LogP contribution in [0.4, 0.5) is 11.4 Å². The van der Waals surface area contributed by atoms with E-state index < -0.39 is 22.5 Å². The van der Waals surface area contributed by atoms with Crippen LogP contribution in [-0.2, 0) is 5.41 Å². The van der Waals surface area contributed by atoms with Crippen molar-refractivity contribution in [2.75, 3.05) is 0 Å². The van der Waals surface area contributed by atoms with Crippen molar-refractivity contribution in [3.8, 4) is 6.19 Å². The van der Waals surface area contributed by atoms with Gasteiger partial charge in [0.25, 0.3) is 5.69 Å². The standard InChI is InChI=1S/C19H19N5O3/c1-19(2)15-9-8-13(24(26)27)10-14(15)16(17(19)25)23(11-20)18(21)22-12-6-4-3-5-7-12/h3-10,16-17,25H,1-2H3,(H2,21,22). The molecule has 0 aliphatic heterocycles. The van der Waals surface area contributed by atoms with Gasteiger partial charge in [0, 0.05) is 17.5 Å².